The normalized spacial score (nSPS) is 10.5. The minimum atomic E-state index is 0.663. The van der Waals surface area contributed by atoms with E-state index < -0.39 is 0 Å². The molecule has 3 heteroatoms. The maximum atomic E-state index is 11.2. The van der Waals surface area contributed by atoms with Gasteiger partial charge in [0.25, 0.3) is 0 Å². The summed E-state index contributed by atoms with van der Waals surface area (Å²) in [4.78, 5) is 14.4. The van der Waals surface area contributed by atoms with E-state index in [-0.39, 0.29) is 0 Å². The van der Waals surface area contributed by atoms with Gasteiger partial charge < -0.3 is 4.98 Å². The van der Waals surface area contributed by atoms with Gasteiger partial charge in [0, 0.05) is 22.5 Å². The molecule has 102 valence electrons. The molecular formula is C18H14N2O. The number of aldehydes is 1. The lowest BCUT2D eigenvalue weighted by molar-refractivity contribution is 0.112. The number of nitriles is 1. The van der Waals surface area contributed by atoms with Crippen molar-refractivity contribution in [1.29, 1.82) is 5.26 Å². The zero-order chi connectivity index (χ0) is 15.0. The number of aryl methyl sites for hydroxylation is 2. The van der Waals surface area contributed by atoms with Crippen molar-refractivity contribution in [3.8, 4) is 17.2 Å². The third-order valence-corrected chi connectivity index (χ3v) is 3.84. The topological polar surface area (TPSA) is 56.6 Å². The van der Waals surface area contributed by atoms with Gasteiger partial charge in [-0.25, -0.2) is 0 Å². The molecule has 0 aliphatic carbocycles. The second-order valence-corrected chi connectivity index (χ2v) is 5.10. The van der Waals surface area contributed by atoms with Crippen LogP contribution in [-0.4, -0.2) is 11.3 Å². The van der Waals surface area contributed by atoms with E-state index >= 15 is 0 Å². The SMILES string of the molecule is Cc1[nH]c(C)c(-c2ccc(C=O)c3ccccc23)c1C#N. The molecule has 3 rings (SSSR count). The molecule has 0 aliphatic heterocycles. The van der Waals surface area contributed by atoms with Crippen LogP contribution in [0.25, 0.3) is 21.9 Å². The molecule has 0 atom stereocenters. The number of carbonyl (C=O) groups excluding carboxylic acids is 1. The molecule has 0 radical (unpaired) electrons. The summed E-state index contributed by atoms with van der Waals surface area (Å²) in [5.74, 6) is 0. The van der Waals surface area contributed by atoms with Gasteiger partial charge in [-0.05, 0) is 30.2 Å². The van der Waals surface area contributed by atoms with Crippen LogP contribution in [0.2, 0.25) is 0 Å². The van der Waals surface area contributed by atoms with E-state index in [2.05, 4.69) is 11.1 Å². The predicted molar refractivity (Wildman–Crippen MR) is 83.3 cm³/mol. The highest BCUT2D eigenvalue weighted by atomic mass is 16.1. The van der Waals surface area contributed by atoms with Crippen LogP contribution in [0.1, 0.15) is 27.3 Å². The van der Waals surface area contributed by atoms with Gasteiger partial charge in [0.05, 0.1) is 5.56 Å². The van der Waals surface area contributed by atoms with E-state index in [1.807, 2.05) is 50.2 Å². The van der Waals surface area contributed by atoms with Crippen molar-refractivity contribution >= 4 is 17.1 Å². The smallest absolute Gasteiger partial charge is 0.150 e. The Morgan fingerprint density at radius 1 is 1.05 bits per heavy atom. The fourth-order valence-electron chi connectivity index (χ4n) is 2.90. The average molecular weight is 274 g/mol. The minimum absolute atomic E-state index is 0.663. The standard InChI is InChI=1S/C18H14N2O/c1-11-17(9-19)18(12(2)20-11)16-8-7-13(10-21)14-5-3-4-6-15(14)16/h3-8,10,20H,1-2H3. The summed E-state index contributed by atoms with van der Waals surface area (Å²) in [5.41, 5.74) is 5.06. The predicted octanol–water partition coefficient (Wildman–Crippen LogP) is 4.14. The molecule has 0 fully saturated rings. The Morgan fingerprint density at radius 2 is 1.76 bits per heavy atom. The Morgan fingerprint density at radius 3 is 2.43 bits per heavy atom. The summed E-state index contributed by atoms with van der Waals surface area (Å²) in [6.07, 6.45) is 0.868. The Labute approximate surface area is 122 Å². The number of nitrogens with one attached hydrogen (secondary N) is 1. The molecule has 1 aromatic heterocycles. The monoisotopic (exact) mass is 274 g/mol. The molecule has 1 N–H and O–H groups in total. The number of aromatic nitrogens is 1. The average Bonchev–Trinajstić information content (AvgIpc) is 2.79. The van der Waals surface area contributed by atoms with Crippen molar-refractivity contribution < 1.29 is 4.79 Å². The molecule has 0 amide bonds. The largest absolute Gasteiger partial charge is 0.361 e. The molecule has 3 nitrogen and oxygen atoms in total. The first-order chi connectivity index (χ1) is 10.2. The number of nitrogens with zero attached hydrogens (tertiary/aromatic N) is 1. The number of hydrogen-bond acceptors (Lipinski definition) is 2. The lowest BCUT2D eigenvalue weighted by atomic mass is 9.93. The molecule has 0 saturated carbocycles. The van der Waals surface area contributed by atoms with Gasteiger partial charge in [-0.3, -0.25) is 4.79 Å². The van der Waals surface area contributed by atoms with Gasteiger partial charge in [-0.15, -0.1) is 0 Å². The van der Waals surface area contributed by atoms with E-state index in [1.165, 1.54) is 0 Å². The summed E-state index contributed by atoms with van der Waals surface area (Å²) >= 11 is 0. The highest BCUT2D eigenvalue weighted by Gasteiger charge is 2.16. The molecule has 0 bridgehead atoms. The third-order valence-electron chi connectivity index (χ3n) is 3.84. The van der Waals surface area contributed by atoms with Crippen molar-refractivity contribution in [3.63, 3.8) is 0 Å². The molecule has 0 saturated heterocycles. The van der Waals surface area contributed by atoms with Crippen molar-refractivity contribution in [2.24, 2.45) is 0 Å². The Balaban J connectivity index is 2.43. The summed E-state index contributed by atoms with van der Waals surface area (Å²) in [7, 11) is 0. The van der Waals surface area contributed by atoms with Crippen LogP contribution in [-0.2, 0) is 0 Å². The lowest BCUT2D eigenvalue weighted by Crippen LogP contribution is -1.89. The van der Waals surface area contributed by atoms with E-state index in [0.717, 1.165) is 39.6 Å². The van der Waals surface area contributed by atoms with Crippen molar-refractivity contribution in [1.82, 2.24) is 4.98 Å². The fraction of sp³-hybridized carbons (Fsp3) is 0.111. The van der Waals surface area contributed by atoms with Crippen LogP contribution in [0.3, 0.4) is 0 Å². The van der Waals surface area contributed by atoms with Crippen LogP contribution in [0, 0.1) is 25.2 Å². The summed E-state index contributed by atoms with van der Waals surface area (Å²) in [6.45, 7) is 3.86. The summed E-state index contributed by atoms with van der Waals surface area (Å²) < 4.78 is 0. The van der Waals surface area contributed by atoms with E-state index in [1.54, 1.807) is 0 Å². The molecular weight excluding hydrogens is 260 g/mol. The van der Waals surface area contributed by atoms with Crippen molar-refractivity contribution in [2.75, 3.05) is 0 Å². The van der Waals surface area contributed by atoms with Crippen LogP contribution < -0.4 is 0 Å². The Bertz CT molecular complexity index is 897. The van der Waals surface area contributed by atoms with Gasteiger partial charge in [0.1, 0.15) is 6.07 Å². The van der Waals surface area contributed by atoms with E-state index in [4.69, 9.17) is 0 Å². The summed E-state index contributed by atoms with van der Waals surface area (Å²) in [5, 5.41) is 11.3. The van der Waals surface area contributed by atoms with Gasteiger partial charge in [-0.2, -0.15) is 5.26 Å². The van der Waals surface area contributed by atoms with Crippen molar-refractivity contribution in [3.05, 3.63) is 58.9 Å². The molecule has 3 aromatic rings. The zero-order valence-corrected chi connectivity index (χ0v) is 11.9. The first kappa shape index (κ1) is 13.1. The first-order valence-corrected chi connectivity index (χ1v) is 6.74. The zero-order valence-electron chi connectivity index (χ0n) is 11.9. The van der Waals surface area contributed by atoms with Crippen LogP contribution in [0.15, 0.2) is 36.4 Å². The lowest BCUT2D eigenvalue weighted by Gasteiger charge is -2.09. The van der Waals surface area contributed by atoms with Crippen LogP contribution in [0.5, 0.6) is 0 Å². The number of aromatic amines is 1. The number of H-pyrrole nitrogens is 1. The third kappa shape index (κ3) is 1.93. The number of hydrogen-bond donors (Lipinski definition) is 1. The molecule has 21 heavy (non-hydrogen) atoms. The Kier molecular flexibility index (Phi) is 3.08. The van der Waals surface area contributed by atoms with Crippen molar-refractivity contribution in [2.45, 2.75) is 13.8 Å². The van der Waals surface area contributed by atoms with Gasteiger partial charge in [0.2, 0.25) is 0 Å². The Hall–Kier alpha value is -2.86. The maximum Gasteiger partial charge on any atom is 0.150 e. The number of carbonyl (C=O) groups is 1. The molecule has 0 aliphatic rings. The molecule has 0 unspecified atom stereocenters. The second kappa shape index (κ2) is 4.92. The quantitative estimate of drug-likeness (QED) is 0.714. The van der Waals surface area contributed by atoms with Gasteiger partial charge in [0.15, 0.2) is 6.29 Å². The molecule has 2 aromatic carbocycles. The number of benzene rings is 2. The number of fused-ring (bicyclic) bond motifs is 1. The molecule has 1 heterocycles. The number of rotatable bonds is 2. The fourth-order valence-corrected chi connectivity index (χ4v) is 2.90. The first-order valence-electron chi connectivity index (χ1n) is 6.74. The highest BCUT2D eigenvalue weighted by molar-refractivity contribution is 6.06. The second-order valence-electron chi connectivity index (χ2n) is 5.10. The summed E-state index contributed by atoms with van der Waals surface area (Å²) in [6, 6.07) is 13.8. The van der Waals surface area contributed by atoms with Crippen LogP contribution >= 0.6 is 0 Å². The van der Waals surface area contributed by atoms with Crippen LogP contribution in [0.4, 0.5) is 0 Å². The van der Waals surface area contributed by atoms with E-state index in [0.29, 0.717) is 11.1 Å². The maximum absolute atomic E-state index is 11.2. The molecule has 0 spiro atoms. The highest BCUT2D eigenvalue weighted by Crippen LogP contribution is 2.35. The van der Waals surface area contributed by atoms with Gasteiger partial charge in [-0.1, -0.05) is 36.4 Å². The van der Waals surface area contributed by atoms with E-state index in [9.17, 15) is 10.1 Å². The minimum Gasteiger partial charge on any atom is -0.361 e. The van der Waals surface area contributed by atoms with Gasteiger partial charge >= 0.3 is 0 Å².